The van der Waals surface area contributed by atoms with Crippen LogP contribution < -0.4 is 42.8 Å². The predicted octanol–water partition coefficient (Wildman–Crippen LogP) is 9.74. The second kappa shape index (κ2) is 26.4. The number of benzene rings is 3. The van der Waals surface area contributed by atoms with E-state index in [-0.39, 0.29) is 75.7 Å². The first kappa shape index (κ1) is 63.5. The quantitative estimate of drug-likeness (QED) is 0.0548. The van der Waals surface area contributed by atoms with Crippen LogP contribution in [-0.2, 0) is 35.3 Å². The molecule has 6 saturated carbocycles. The molecule has 3 aromatic rings. The van der Waals surface area contributed by atoms with Gasteiger partial charge in [-0.25, -0.2) is 0 Å². The summed E-state index contributed by atoms with van der Waals surface area (Å²) in [5.74, 6) is 6.90. The molecule has 0 aromatic heterocycles. The fraction of sp³-hybridized carbons (Fsp3) is 0.562. The van der Waals surface area contributed by atoms with Gasteiger partial charge in [0.25, 0.3) is 0 Å². The number of fused-ring (bicyclic) bond motifs is 3. The number of aliphatic imine (C=N–C) groups is 1. The molecule has 3 aromatic carbocycles. The average molecular weight is 1270 g/mol. The van der Waals surface area contributed by atoms with E-state index in [9.17, 15) is 24.9 Å². The third-order valence-corrected chi connectivity index (χ3v) is 26.1. The summed E-state index contributed by atoms with van der Waals surface area (Å²) in [6.45, 7) is 2.55. The molecule has 18 rings (SSSR count). The first-order valence-corrected chi connectivity index (χ1v) is 36.1. The number of nitrogens with two attached hydrogens (primary N) is 2. The lowest BCUT2D eigenvalue weighted by molar-refractivity contribution is -0.126. The number of piperidine rings is 1. The number of methoxy groups -OCH3 is 1. The highest BCUT2D eigenvalue weighted by Gasteiger charge is 2.71. The number of ether oxygens (including phenoxy) is 1. The number of Topliss-reactive ketones (excluding diaryl/α,β-unsaturated/α-hetero) is 1. The van der Waals surface area contributed by atoms with Crippen LogP contribution in [-0.4, -0.2) is 103 Å². The number of aliphatic hydroxyl groups is 2. The molecule has 0 radical (unpaired) electrons. The Morgan fingerprint density at radius 3 is 2.60 bits per heavy atom. The Morgan fingerprint density at radius 1 is 0.904 bits per heavy atom. The average Bonchev–Trinajstić information content (AvgIpc) is 1.51. The number of phenolic OH excluding ortho intramolecular Hbond substituents is 1. The second-order valence-electron chi connectivity index (χ2n) is 31.1. The van der Waals surface area contributed by atoms with E-state index in [4.69, 9.17) is 21.2 Å². The number of aryl methyl sites for hydroxylation is 2. The Kier molecular flexibility index (Phi) is 17.9. The minimum atomic E-state index is -0.538. The topological polar surface area (TPSA) is 229 Å². The Hall–Kier alpha value is -6.57. The summed E-state index contributed by atoms with van der Waals surface area (Å²) >= 11 is 0. The van der Waals surface area contributed by atoms with Crippen LogP contribution >= 0.6 is 0 Å². The van der Waals surface area contributed by atoms with Gasteiger partial charge in [-0.2, -0.15) is 4.99 Å². The molecule has 14 heteroatoms. The number of rotatable bonds is 9. The van der Waals surface area contributed by atoms with Gasteiger partial charge in [-0.05, 0) is 261 Å². The zero-order valence-electron chi connectivity index (χ0n) is 55.1. The van der Waals surface area contributed by atoms with Gasteiger partial charge in [0.2, 0.25) is 5.96 Å². The molecule has 14 nitrogen and oxygen atoms in total. The lowest BCUT2D eigenvalue weighted by atomic mass is 9.50. The maximum Gasteiger partial charge on any atom is 0.202 e. The molecular formula is C80H100N8O6. The van der Waals surface area contributed by atoms with Gasteiger partial charge in [0, 0.05) is 55.2 Å². The number of phenols is 1. The summed E-state index contributed by atoms with van der Waals surface area (Å²) in [6.07, 6.45) is 33.3. The van der Waals surface area contributed by atoms with E-state index >= 15 is 0 Å². The van der Waals surface area contributed by atoms with E-state index in [1.165, 1.54) is 48.3 Å². The van der Waals surface area contributed by atoms with Crippen LogP contribution in [0.2, 0.25) is 0 Å². The van der Waals surface area contributed by atoms with Gasteiger partial charge < -0.3 is 58.1 Å². The second-order valence-corrected chi connectivity index (χ2v) is 31.1. The van der Waals surface area contributed by atoms with Crippen molar-refractivity contribution in [3.05, 3.63) is 159 Å². The predicted molar refractivity (Wildman–Crippen MR) is 370 cm³/mol. The molecule has 7 fully saturated rings. The van der Waals surface area contributed by atoms with Crippen LogP contribution in [0.3, 0.4) is 0 Å². The van der Waals surface area contributed by atoms with E-state index in [0.29, 0.717) is 95.8 Å². The van der Waals surface area contributed by atoms with Gasteiger partial charge in [-0.3, -0.25) is 9.59 Å². The summed E-state index contributed by atoms with van der Waals surface area (Å²) < 4.78 is 5.69. The smallest absolute Gasteiger partial charge is 0.202 e. The molecule has 2 spiro atoms. The zero-order valence-corrected chi connectivity index (χ0v) is 55.1. The molecule has 0 amide bonds. The Labute approximate surface area is 556 Å². The number of carbonyl (C=O) groups excluding carboxylic acids is 2. The number of dihydropyridines is 1. The number of aliphatic hydroxyl groups excluding tert-OH is 2. The lowest BCUT2D eigenvalue weighted by Crippen LogP contribution is -2.57. The van der Waals surface area contributed by atoms with Crippen LogP contribution in [0.4, 0.5) is 0 Å². The largest absolute Gasteiger partial charge is 0.504 e. The number of hydrogen-bond acceptors (Lipinski definition) is 14. The first-order chi connectivity index (χ1) is 45.8. The number of guanidine groups is 1. The van der Waals surface area contributed by atoms with Crippen LogP contribution in [0, 0.1) is 81.5 Å². The fourth-order valence-electron chi connectivity index (χ4n) is 22.5. The molecule has 1 saturated heterocycles. The van der Waals surface area contributed by atoms with Gasteiger partial charge in [0.05, 0.1) is 38.4 Å². The van der Waals surface area contributed by atoms with Crippen LogP contribution in [0.25, 0.3) is 5.57 Å². The number of carbonyl (C=O) groups is 2. The van der Waals surface area contributed by atoms with Crippen molar-refractivity contribution in [1.29, 1.82) is 0 Å². The SMILES string of the molecule is COc1cc2c(cc1O)CC1=CNC(N)C=C1C(Cc1cccc(CCc3ccccc3)c1)CC#CN=C(N)NC1CC3=C4C=CC5(CCCC5)C(O)C4NC4CC5(CC6C7CCNCC7CC7C=CCNC76)CC(CCC5C45CCC(C1)C35)CC(=O)CC(=O)C=C2CO. The third kappa shape index (κ3) is 12.0. The van der Waals surface area contributed by atoms with Crippen LogP contribution in [0.5, 0.6) is 11.5 Å². The Balaban J connectivity index is 0.820. The monoisotopic (exact) mass is 1270 g/mol. The summed E-state index contributed by atoms with van der Waals surface area (Å²) in [5.41, 5.74) is 23.5. The molecule has 12 N–H and O–H groups in total. The molecule has 8 aliphatic heterocycles. The van der Waals surface area contributed by atoms with Crippen LogP contribution in [0.1, 0.15) is 143 Å². The first-order valence-electron chi connectivity index (χ1n) is 36.1. The molecule has 8 bridgehead atoms. The zero-order chi connectivity index (χ0) is 64.3. The van der Waals surface area contributed by atoms with Gasteiger partial charge in [-0.15, -0.1) is 0 Å². The summed E-state index contributed by atoms with van der Waals surface area (Å²) in [4.78, 5) is 34.4. The van der Waals surface area contributed by atoms with Crippen molar-refractivity contribution in [2.75, 3.05) is 33.4 Å². The van der Waals surface area contributed by atoms with E-state index < -0.39 is 18.9 Å². The van der Waals surface area contributed by atoms with Crippen molar-refractivity contribution in [1.82, 2.24) is 26.6 Å². The van der Waals surface area contributed by atoms with E-state index in [0.717, 1.165) is 133 Å². The molecule has 17 unspecified atom stereocenters. The summed E-state index contributed by atoms with van der Waals surface area (Å²) in [6, 6.07) is 26.4. The Morgan fingerprint density at radius 2 is 1.74 bits per heavy atom. The van der Waals surface area contributed by atoms with E-state index in [2.05, 4.69) is 124 Å². The highest BCUT2D eigenvalue weighted by atomic mass is 16.5. The van der Waals surface area contributed by atoms with Crippen molar-refractivity contribution in [3.63, 3.8) is 0 Å². The lowest BCUT2D eigenvalue weighted by Gasteiger charge is -2.56. The van der Waals surface area contributed by atoms with Gasteiger partial charge in [0.1, 0.15) is 5.78 Å². The summed E-state index contributed by atoms with van der Waals surface area (Å²) in [5, 5.41) is 55.6. The van der Waals surface area contributed by atoms with Crippen molar-refractivity contribution in [2.45, 2.75) is 178 Å². The van der Waals surface area contributed by atoms with Gasteiger partial charge in [0.15, 0.2) is 17.3 Å². The highest BCUT2D eigenvalue weighted by molar-refractivity contribution is 6.08. The number of nitrogens with zero attached hydrogens (tertiary/aromatic N) is 1. The van der Waals surface area contributed by atoms with Gasteiger partial charge >= 0.3 is 0 Å². The molecule has 496 valence electrons. The summed E-state index contributed by atoms with van der Waals surface area (Å²) in [7, 11) is 1.49. The number of aromatic hydroxyl groups is 1. The standard InChI is InChI=1S/C80H100N8O6/c1-94-69-40-64-55(37-68(69)92)34-57-46-86-72(81)41-65(57)52(31-50-13-7-12-49(30-50)17-16-48-10-3-2-4-11-48)14-8-28-85-77(82)87-59-35-53-20-26-80-70-19-18-51(32-60(90)39-61(91)36-58(64)47-89)42-79(70,43-67-62-22-29-83-45-56(62)33-54-15-9-27-84-74(54)67)44-71(80)88-75-63(66(38-59)73(53)80)21-25-78(76(75)93)23-5-6-24-78/h2-4,7,9-13,15,21,25,30,36-37,40-41,46,51-54,56,59,62,67,70-76,83-84,86,88-89,92-93H,5-6,14,16-20,22-24,26-27,29,31-35,38-39,42-45,47,81H2,1H3,(H3,82,85,87). The van der Waals surface area contributed by atoms with Crippen molar-refractivity contribution < 1.29 is 29.6 Å². The third-order valence-electron chi connectivity index (χ3n) is 26.1. The fourth-order valence-corrected chi connectivity index (χ4v) is 22.5. The molecule has 94 heavy (non-hydrogen) atoms. The minimum Gasteiger partial charge on any atom is -0.504 e. The number of hydrogen-bond donors (Lipinski definition) is 10. The maximum atomic E-state index is 14.9. The van der Waals surface area contributed by atoms with Crippen molar-refractivity contribution in [3.8, 4) is 23.5 Å². The molecule has 15 aliphatic rings. The minimum absolute atomic E-state index is 0.0307. The van der Waals surface area contributed by atoms with Crippen molar-refractivity contribution in [2.24, 2.45) is 86.0 Å². The van der Waals surface area contributed by atoms with E-state index in [1.807, 2.05) is 6.20 Å². The van der Waals surface area contributed by atoms with Crippen LogP contribution in [0.15, 0.2) is 137 Å². The molecular weight excluding hydrogens is 1170 g/mol. The van der Waals surface area contributed by atoms with E-state index in [1.54, 1.807) is 12.1 Å². The normalized spacial score (nSPS) is 36.6. The molecule has 8 heterocycles. The maximum absolute atomic E-state index is 14.9. The number of allylic oxidation sites excluding steroid dienone is 3. The van der Waals surface area contributed by atoms with Crippen molar-refractivity contribution >= 4 is 23.1 Å². The molecule has 17 atom stereocenters. The highest BCUT2D eigenvalue weighted by Crippen LogP contribution is 2.75. The van der Waals surface area contributed by atoms with Gasteiger partial charge in [-0.1, -0.05) is 103 Å². The molecule has 7 aliphatic carbocycles. The Bertz CT molecular complexity index is 3680. The number of nitrogens with one attached hydrogen (secondary N) is 5. The number of ketones is 2.